The monoisotopic (exact) mass is 452 g/mol. The van der Waals surface area contributed by atoms with Crippen molar-refractivity contribution in [3.05, 3.63) is 58.7 Å². The third-order valence-electron chi connectivity index (χ3n) is 6.31. The molecule has 0 spiro atoms. The van der Waals surface area contributed by atoms with Crippen molar-refractivity contribution >= 4 is 0 Å². The summed E-state index contributed by atoms with van der Waals surface area (Å²) in [5, 5.41) is 0. The first kappa shape index (κ1) is 27.4. The van der Waals surface area contributed by atoms with Crippen molar-refractivity contribution in [2.45, 2.75) is 93.2 Å². The van der Waals surface area contributed by atoms with Crippen LogP contribution in [-0.4, -0.2) is 36.0 Å². The largest absolute Gasteiger partial charge is 0.456 e. The third kappa shape index (κ3) is 8.79. The molecule has 3 nitrogen and oxygen atoms in total. The van der Waals surface area contributed by atoms with Crippen LogP contribution in [0.5, 0.6) is 11.5 Å². The van der Waals surface area contributed by atoms with Gasteiger partial charge in [0.25, 0.3) is 0 Å². The quantitative estimate of drug-likeness (QED) is 0.256. The molecule has 184 valence electrons. The van der Waals surface area contributed by atoms with Crippen LogP contribution in [0.2, 0.25) is 0 Å². The van der Waals surface area contributed by atoms with Crippen molar-refractivity contribution in [1.29, 1.82) is 0 Å². The number of hydrogen-bond donors (Lipinski definition) is 0. The molecule has 0 amide bonds. The highest BCUT2D eigenvalue weighted by Crippen LogP contribution is 2.35. The van der Waals surface area contributed by atoms with Gasteiger partial charge in [0.1, 0.15) is 11.5 Å². The van der Waals surface area contributed by atoms with Crippen molar-refractivity contribution < 1.29 is 4.74 Å². The number of ether oxygens (including phenoxy) is 1. The van der Waals surface area contributed by atoms with Gasteiger partial charge in [0.05, 0.1) is 0 Å². The van der Waals surface area contributed by atoms with Gasteiger partial charge in [0.15, 0.2) is 0 Å². The number of aryl methyl sites for hydroxylation is 2. The van der Waals surface area contributed by atoms with Gasteiger partial charge in [0.2, 0.25) is 0 Å². The minimum Gasteiger partial charge on any atom is -0.456 e. The van der Waals surface area contributed by atoms with Gasteiger partial charge in [0, 0.05) is 24.2 Å². The van der Waals surface area contributed by atoms with E-state index in [-0.39, 0.29) is 0 Å². The van der Waals surface area contributed by atoms with Crippen LogP contribution in [0.3, 0.4) is 0 Å². The summed E-state index contributed by atoms with van der Waals surface area (Å²) in [4.78, 5) is 5.16. The first-order chi connectivity index (χ1) is 16.0. The van der Waals surface area contributed by atoms with Crippen LogP contribution in [0.4, 0.5) is 0 Å². The van der Waals surface area contributed by atoms with Crippen LogP contribution in [-0.2, 0) is 13.1 Å². The zero-order valence-electron chi connectivity index (χ0n) is 22.3. The van der Waals surface area contributed by atoms with E-state index in [0.717, 1.165) is 50.8 Å². The zero-order valence-corrected chi connectivity index (χ0v) is 22.3. The molecule has 3 heteroatoms. The normalized spacial score (nSPS) is 11.5. The maximum absolute atomic E-state index is 6.82. The Bertz CT molecular complexity index is 749. The number of para-hydroxylation sites is 2. The summed E-state index contributed by atoms with van der Waals surface area (Å²) in [7, 11) is 0. The van der Waals surface area contributed by atoms with E-state index < -0.39 is 0 Å². The summed E-state index contributed by atoms with van der Waals surface area (Å²) >= 11 is 0. The first-order valence-electron chi connectivity index (χ1n) is 13.3. The molecule has 0 saturated heterocycles. The lowest BCUT2D eigenvalue weighted by molar-refractivity contribution is 0.255. The standard InChI is InChI=1S/C30H48N2O/c1-7-11-21-31(19-9-3)23-27-17-13-15-25(5)29(27)33-30-26(6)16-14-18-28(30)24-32(20-10-4)22-12-8-2/h13-18H,7-12,19-24H2,1-6H3. The van der Waals surface area contributed by atoms with Gasteiger partial charge < -0.3 is 4.74 Å². The van der Waals surface area contributed by atoms with Crippen LogP contribution < -0.4 is 4.74 Å². The first-order valence-corrected chi connectivity index (χ1v) is 13.3. The van der Waals surface area contributed by atoms with E-state index in [9.17, 15) is 0 Å². The van der Waals surface area contributed by atoms with E-state index in [1.165, 1.54) is 60.8 Å². The average molecular weight is 453 g/mol. The molecule has 0 aliphatic carbocycles. The van der Waals surface area contributed by atoms with Crippen molar-refractivity contribution in [3.63, 3.8) is 0 Å². The number of nitrogens with zero attached hydrogens (tertiary/aromatic N) is 2. The lowest BCUT2D eigenvalue weighted by Gasteiger charge is -2.26. The zero-order chi connectivity index (χ0) is 24.1. The van der Waals surface area contributed by atoms with E-state index >= 15 is 0 Å². The van der Waals surface area contributed by atoms with Crippen LogP contribution in [0.25, 0.3) is 0 Å². The molecule has 33 heavy (non-hydrogen) atoms. The fraction of sp³-hybridized carbons (Fsp3) is 0.600. The van der Waals surface area contributed by atoms with E-state index in [2.05, 4.69) is 87.7 Å². The summed E-state index contributed by atoms with van der Waals surface area (Å²) in [6, 6.07) is 13.2. The van der Waals surface area contributed by atoms with Crippen LogP contribution >= 0.6 is 0 Å². The minimum atomic E-state index is 0.949. The highest BCUT2D eigenvalue weighted by atomic mass is 16.5. The molecule has 0 aliphatic rings. The van der Waals surface area contributed by atoms with Crippen LogP contribution in [0.1, 0.15) is 88.5 Å². The molecule has 2 aromatic rings. The second-order valence-electron chi connectivity index (χ2n) is 9.49. The lowest BCUT2D eigenvalue weighted by Crippen LogP contribution is -2.26. The van der Waals surface area contributed by atoms with E-state index in [1.54, 1.807) is 0 Å². The summed E-state index contributed by atoms with van der Waals surface area (Å²) in [5.74, 6) is 2.09. The Balaban J connectivity index is 2.33. The summed E-state index contributed by atoms with van der Waals surface area (Å²) in [6.45, 7) is 19.9. The number of benzene rings is 2. The smallest absolute Gasteiger partial charge is 0.134 e. The summed E-state index contributed by atoms with van der Waals surface area (Å²) < 4.78 is 6.82. The predicted octanol–water partition coefficient (Wildman–Crippen LogP) is 8.12. The van der Waals surface area contributed by atoms with E-state index in [4.69, 9.17) is 4.74 Å². The van der Waals surface area contributed by atoms with Crippen LogP contribution in [0, 0.1) is 13.8 Å². The Morgan fingerprint density at radius 2 is 1.00 bits per heavy atom. The second-order valence-corrected chi connectivity index (χ2v) is 9.49. The van der Waals surface area contributed by atoms with E-state index in [0.29, 0.717) is 0 Å². The van der Waals surface area contributed by atoms with Crippen LogP contribution in [0.15, 0.2) is 36.4 Å². The maximum atomic E-state index is 6.82. The highest BCUT2D eigenvalue weighted by Gasteiger charge is 2.17. The molecule has 0 unspecified atom stereocenters. The molecular formula is C30H48N2O. The van der Waals surface area contributed by atoms with Gasteiger partial charge in [-0.05, 0) is 76.8 Å². The van der Waals surface area contributed by atoms with Gasteiger partial charge in [-0.3, -0.25) is 9.80 Å². The molecule has 0 heterocycles. The molecule has 2 aromatic carbocycles. The Hall–Kier alpha value is -1.84. The molecular weight excluding hydrogens is 404 g/mol. The van der Waals surface area contributed by atoms with Gasteiger partial charge in [-0.2, -0.15) is 0 Å². The Morgan fingerprint density at radius 1 is 0.576 bits per heavy atom. The molecule has 2 rings (SSSR count). The molecule has 0 bridgehead atoms. The SMILES string of the molecule is CCCCN(CCC)Cc1cccc(C)c1Oc1c(C)cccc1CN(CCC)CCCC. The number of rotatable bonds is 16. The fourth-order valence-electron chi connectivity index (χ4n) is 4.49. The molecule has 0 N–H and O–H groups in total. The highest BCUT2D eigenvalue weighted by molar-refractivity contribution is 5.48. The maximum Gasteiger partial charge on any atom is 0.134 e. The summed E-state index contributed by atoms with van der Waals surface area (Å²) in [5.41, 5.74) is 5.02. The van der Waals surface area contributed by atoms with Gasteiger partial charge in [-0.25, -0.2) is 0 Å². The number of hydrogen-bond acceptors (Lipinski definition) is 3. The van der Waals surface area contributed by atoms with Gasteiger partial charge in [-0.1, -0.05) is 76.9 Å². The minimum absolute atomic E-state index is 0.949. The van der Waals surface area contributed by atoms with Gasteiger partial charge >= 0.3 is 0 Å². The predicted molar refractivity (Wildman–Crippen MR) is 143 cm³/mol. The number of unbranched alkanes of at least 4 members (excludes halogenated alkanes) is 2. The average Bonchev–Trinajstić information content (AvgIpc) is 2.80. The molecule has 0 saturated carbocycles. The Kier molecular flexibility index (Phi) is 12.6. The van der Waals surface area contributed by atoms with Crippen molar-refractivity contribution in [2.24, 2.45) is 0 Å². The molecule has 0 atom stereocenters. The van der Waals surface area contributed by atoms with Crippen molar-refractivity contribution in [2.75, 3.05) is 26.2 Å². The fourth-order valence-corrected chi connectivity index (χ4v) is 4.49. The van der Waals surface area contributed by atoms with Gasteiger partial charge in [-0.15, -0.1) is 0 Å². The molecule has 0 aromatic heterocycles. The molecule has 0 fully saturated rings. The van der Waals surface area contributed by atoms with Crippen molar-refractivity contribution in [3.8, 4) is 11.5 Å². The topological polar surface area (TPSA) is 15.7 Å². The molecule has 0 radical (unpaired) electrons. The summed E-state index contributed by atoms with van der Waals surface area (Å²) in [6.07, 6.45) is 7.31. The lowest BCUT2D eigenvalue weighted by atomic mass is 10.1. The Morgan fingerprint density at radius 3 is 1.36 bits per heavy atom. The second kappa shape index (κ2) is 15.1. The molecule has 0 aliphatic heterocycles. The Labute approximate surface area is 204 Å². The van der Waals surface area contributed by atoms with E-state index in [1.807, 2.05) is 0 Å². The third-order valence-corrected chi connectivity index (χ3v) is 6.31. The van der Waals surface area contributed by atoms with Crippen molar-refractivity contribution in [1.82, 2.24) is 9.80 Å².